The van der Waals surface area contributed by atoms with E-state index in [9.17, 15) is 4.79 Å². The number of amides is 1. The second kappa shape index (κ2) is 5.26. The molecule has 3 rings (SSSR count). The lowest BCUT2D eigenvalue weighted by molar-refractivity contribution is -0.129. The Labute approximate surface area is 107 Å². The van der Waals surface area contributed by atoms with Gasteiger partial charge in [0.15, 0.2) is 0 Å². The Morgan fingerprint density at radius 3 is 3.06 bits per heavy atom. The Morgan fingerprint density at radius 2 is 2.22 bits per heavy atom. The van der Waals surface area contributed by atoms with Crippen LogP contribution in [-0.4, -0.2) is 43.3 Å². The summed E-state index contributed by atoms with van der Waals surface area (Å²) in [5.41, 5.74) is 10.2. The van der Waals surface area contributed by atoms with Crippen molar-refractivity contribution in [3.05, 3.63) is 11.8 Å². The zero-order chi connectivity index (χ0) is 12.4. The highest BCUT2D eigenvalue weighted by Gasteiger charge is 2.38. The van der Waals surface area contributed by atoms with Crippen molar-refractivity contribution >= 4 is 5.91 Å². The molecule has 0 aromatic heterocycles. The third-order valence-corrected chi connectivity index (χ3v) is 3.80. The number of piperidine rings is 1. The van der Waals surface area contributed by atoms with Crippen LogP contribution in [0, 0.1) is 5.92 Å². The van der Waals surface area contributed by atoms with Crippen molar-refractivity contribution in [2.75, 3.05) is 26.3 Å². The van der Waals surface area contributed by atoms with Crippen molar-refractivity contribution < 1.29 is 9.53 Å². The summed E-state index contributed by atoms with van der Waals surface area (Å²) in [5, 5.41) is 2.03. The molecule has 0 bridgehead atoms. The molecule has 3 N–H and O–H groups in total. The van der Waals surface area contributed by atoms with Gasteiger partial charge < -0.3 is 10.2 Å². The summed E-state index contributed by atoms with van der Waals surface area (Å²) < 4.78 is 5.40. The lowest BCUT2D eigenvalue weighted by atomic mass is 9.97. The average molecular weight is 252 g/mol. The molecule has 2 fully saturated rings. The lowest BCUT2D eigenvalue weighted by Gasteiger charge is -2.29. The predicted molar refractivity (Wildman–Crippen MR) is 66.0 cm³/mol. The van der Waals surface area contributed by atoms with E-state index in [0.717, 1.165) is 31.6 Å². The van der Waals surface area contributed by atoms with Crippen LogP contribution in [0.25, 0.3) is 0 Å². The van der Waals surface area contributed by atoms with Gasteiger partial charge in [-0.25, -0.2) is 10.4 Å². The van der Waals surface area contributed by atoms with Gasteiger partial charge in [0.1, 0.15) is 6.04 Å². The summed E-state index contributed by atoms with van der Waals surface area (Å²) in [6, 6.07) is -0.238. The SMILES string of the molecule is O=C(NN1CCCCC1)C1NNC2=CCOCC21. The van der Waals surface area contributed by atoms with Crippen molar-refractivity contribution in [2.45, 2.75) is 25.3 Å². The number of carbonyl (C=O) groups excluding carboxylic acids is 1. The molecular weight excluding hydrogens is 232 g/mol. The fourth-order valence-electron chi connectivity index (χ4n) is 2.75. The van der Waals surface area contributed by atoms with Gasteiger partial charge in [-0.2, -0.15) is 0 Å². The number of hydrazine groups is 2. The molecule has 18 heavy (non-hydrogen) atoms. The maximum atomic E-state index is 12.2. The normalized spacial score (nSPS) is 32.3. The molecule has 0 aromatic carbocycles. The Bertz CT molecular complexity index is 352. The Morgan fingerprint density at radius 1 is 1.39 bits per heavy atom. The first-order valence-corrected chi connectivity index (χ1v) is 6.69. The zero-order valence-electron chi connectivity index (χ0n) is 10.4. The second-order valence-electron chi connectivity index (χ2n) is 5.07. The molecule has 1 amide bonds. The van der Waals surface area contributed by atoms with Crippen LogP contribution in [0.4, 0.5) is 0 Å². The van der Waals surface area contributed by atoms with Crippen molar-refractivity contribution in [3.8, 4) is 0 Å². The van der Waals surface area contributed by atoms with Crippen LogP contribution in [0.3, 0.4) is 0 Å². The van der Waals surface area contributed by atoms with Crippen LogP contribution in [0.5, 0.6) is 0 Å². The average Bonchev–Trinajstić information content (AvgIpc) is 2.84. The van der Waals surface area contributed by atoms with Crippen LogP contribution >= 0.6 is 0 Å². The molecule has 2 unspecified atom stereocenters. The highest BCUT2D eigenvalue weighted by Crippen LogP contribution is 2.22. The first kappa shape index (κ1) is 12.0. The minimum absolute atomic E-state index is 0.0308. The molecule has 0 radical (unpaired) electrons. The van der Waals surface area contributed by atoms with Crippen LogP contribution < -0.4 is 16.3 Å². The Hall–Kier alpha value is -1.11. The van der Waals surface area contributed by atoms with Crippen LogP contribution in [-0.2, 0) is 9.53 Å². The van der Waals surface area contributed by atoms with Gasteiger partial charge in [0.05, 0.1) is 13.2 Å². The number of nitrogens with zero attached hydrogens (tertiary/aromatic N) is 1. The molecule has 0 aliphatic carbocycles. The molecule has 6 heteroatoms. The van der Waals surface area contributed by atoms with Crippen molar-refractivity contribution in [1.29, 1.82) is 0 Å². The minimum Gasteiger partial charge on any atom is -0.377 e. The number of ether oxygens (including phenoxy) is 1. The van der Waals surface area contributed by atoms with E-state index in [-0.39, 0.29) is 17.9 Å². The van der Waals surface area contributed by atoms with Crippen molar-refractivity contribution in [3.63, 3.8) is 0 Å². The maximum Gasteiger partial charge on any atom is 0.254 e. The Balaban J connectivity index is 1.59. The summed E-state index contributed by atoms with van der Waals surface area (Å²) in [5.74, 6) is 0.145. The summed E-state index contributed by atoms with van der Waals surface area (Å²) >= 11 is 0. The number of carbonyl (C=O) groups is 1. The Kier molecular flexibility index (Phi) is 3.49. The summed E-state index contributed by atoms with van der Waals surface area (Å²) in [6.07, 6.45) is 5.58. The number of nitrogens with one attached hydrogen (secondary N) is 3. The van der Waals surface area contributed by atoms with Crippen LogP contribution in [0.1, 0.15) is 19.3 Å². The summed E-state index contributed by atoms with van der Waals surface area (Å²) in [7, 11) is 0. The van der Waals surface area contributed by atoms with Gasteiger partial charge >= 0.3 is 0 Å². The van der Waals surface area contributed by atoms with E-state index in [1.54, 1.807) is 0 Å². The first-order valence-electron chi connectivity index (χ1n) is 6.69. The third-order valence-electron chi connectivity index (χ3n) is 3.80. The number of hydrogen-bond acceptors (Lipinski definition) is 5. The molecule has 3 heterocycles. The number of hydrogen-bond donors (Lipinski definition) is 3. The third kappa shape index (κ3) is 2.36. The minimum atomic E-state index is -0.238. The molecule has 3 aliphatic heterocycles. The highest BCUT2D eigenvalue weighted by atomic mass is 16.5. The van der Waals surface area contributed by atoms with Crippen LogP contribution in [0.15, 0.2) is 11.8 Å². The van der Waals surface area contributed by atoms with E-state index in [2.05, 4.69) is 16.3 Å². The van der Waals surface area contributed by atoms with Crippen LogP contribution in [0.2, 0.25) is 0 Å². The molecule has 0 spiro atoms. The topological polar surface area (TPSA) is 65.6 Å². The molecule has 6 nitrogen and oxygen atoms in total. The fourth-order valence-corrected chi connectivity index (χ4v) is 2.75. The molecule has 2 atom stereocenters. The quantitative estimate of drug-likeness (QED) is 0.619. The first-order chi connectivity index (χ1) is 8.84. The monoisotopic (exact) mass is 252 g/mol. The summed E-state index contributed by atoms with van der Waals surface area (Å²) in [4.78, 5) is 12.2. The van der Waals surface area contributed by atoms with Gasteiger partial charge in [-0.05, 0) is 18.9 Å². The van der Waals surface area contributed by atoms with Gasteiger partial charge in [0.25, 0.3) is 5.91 Å². The van der Waals surface area contributed by atoms with Gasteiger partial charge in [-0.1, -0.05) is 6.42 Å². The predicted octanol–water partition coefficient (Wildman–Crippen LogP) is -0.490. The van der Waals surface area contributed by atoms with E-state index in [1.807, 2.05) is 11.1 Å². The highest BCUT2D eigenvalue weighted by molar-refractivity contribution is 5.82. The molecule has 2 saturated heterocycles. The van der Waals surface area contributed by atoms with Crippen molar-refractivity contribution in [2.24, 2.45) is 5.92 Å². The summed E-state index contributed by atoms with van der Waals surface area (Å²) in [6.45, 7) is 3.14. The molecule has 100 valence electrons. The van der Waals surface area contributed by atoms with Gasteiger partial charge in [0, 0.05) is 24.7 Å². The standard InChI is InChI=1S/C12H20N4O2/c17-12(15-16-5-2-1-3-6-16)11-9-8-18-7-4-10(9)13-14-11/h4,9,11,13-14H,1-3,5-8H2,(H,15,17). The maximum absolute atomic E-state index is 12.2. The largest absolute Gasteiger partial charge is 0.377 e. The van der Waals surface area contributed by atoms with Gasteiger partial charge in [0.2, 0.25) is 0 Å². The number of rotatable bonds is 2. The smallest absolute Gasteiger partial charge is 0.254 e. The van der Waals surface area contributed by atoms with E-state index in [1.165, 1.54) is 6.42 Å². The van der Waals surface area contributed by atoms with E-state index in [0.29, 0.717) is 13.2 Å². The van der Waals surface area contributed by atoms with E-state index in [4.69, 9.17) is 4.74 Å². The molecule has 0 saturated carbocycles. The lowest BCUT2D eigenvalue weighted by Crippen LogP contribution is -2.53. The number of fused-ring (bicyclic) bond motifs is 1. The zero-order valence-corrected chi connectivity index (χ0v) is 10.4. The van der Waals surface area contributed by atoms with Gasteiger partial charge in [-0.3, -0.25) is 10.2 Å². The molecule has 3 aliphatic rings. The molecular formula is C12H20N4O2. The van der Waals surface area contributed by atoms with Gasteiger partial charge in [-0.15, -0.1) is 0 Å². The van der Waals surface area contributed by atoms with E-state index < -0.39 is 0 Å². The molecule has 0 aromatic rings. The fraction of sp³-hybridized carbons (Fsp3) is 0.750. The van der Waals surface area contributed by atoms with Crippen molar-refractivity contribution in [1.82, 2.24) is 21.3 Å². The van der Waals surface area contributed by atoms with E-state index >= 15 is 0 Å². The second-order valence-corrected chi connectivity index (χ2v) is 5.07.